The summed E-state index contributed by atoms with van der Waals surface area (Å²) < 4.78 is 41.7. The zero-order chi connectivity index (χ0) is 23.0. The topological polar surface area (TPSA) is 71.1 Å². The van der Waals surface area contributed by atoms with Crippen LogP contribution in [-0.4, -0.2) is 16.7 Å². The van der Waals surface area contributed by atoms with Crippen LogP contribution in [0.15, 0.2) is 65.1 Å². The highest BCUT2D eigenvalue weighted by Crippen LogP contribution is 2.46. The number of pyridine rings is 1. The van der Waals surface area contributed by atoms with E-state index in [2.05, 4.69) is 15.6 Å². The molecule has 4 rings (SSSR count). The van der Waals surface area contributed by atoms with Gasteiger partial charge in [0.15, 0.2) is 5.78 Å². The quantitative estimate of drug-likeness (QED) is 0.702. The van der Waals surface area contributed by atoms with Crippen molar-refractivity contribution in [1.82, 2.24) is 10.3 Å². The van der Waals surface area contributed by atoms with Gasteiger partial charge in [0.25, 0.3) is 5.91 Å². The maximum Gasteiger partial charge on any atom is 0.416 e. The Labute approximate surface area is 183 Å². The fourth-order valence-electron chi connectivity index (χ4n) is 4.39. The predicted molar refractivity (Wildman–Crippen MR) is 114 cm³/mol. The lowest BCUT2D eigenvalue weighted by Gasteiger charge is -2.35. The van der Waals surface area contributed by atoms with Crippen molar-refractivity contribution in [3.8, 4) is 0 Å². The van der Waals surface area contributed by atoms with Gasteiger partial charge in [-0.05, 0) is 56.0 Å². The predicted octanol–water partition coefficient (Wildman–Crippen LogP) is 5.02. The van der Waals surface area contributed by atoms with E-state index in [4.69, 9.17) is 0 Å². The van der Waals surface area contributed by atoms with Crippen molar-refractivity contribution < 1.29 is 22.8 Å². The largest absolute Gasteiger partial charge is 0.416 e. The molecule has 1 aliphatic heterocycles. The van der Waals surface area contributed by atoms with Gasteiger partial charge in [-0.2, -0.15) is 13.2 Å². The number of carbonyl (C=O) groups excluding carboxylic acids is 2. The first-order valence-corrected chi connectivity index (χ1v) is 10.3. The molecule has 1 atom stereocenters. The van der Waals surface area contributed by atoms with Gasteiger partial charge in [-0.1, -0.05) is 18.2 Å². The van der Waals surface area contributed by atoms with Gasteiger partial charge in [0.2, 0.25) is 0 Å². The molecule has 1 aromatic heterocycles. The van der Waals surface area contributed by atoms with Crippen LogP contribution in [0.3, 0.4) is 0 Å². The van der Waals surface area contributed by atoms with E-state index < -0.39 is 23.6 Å². The van der Waals surface area contributed by atoms with Gasteiger partial charge in [-0.15, -0.1) is 0 Å². The molecule has 0 bridgehead atoms. The van der Waals surface area contributed by atoms with Crippen molar-refractivity contribution >= 4 is 17.5 Å². The van der Waals surface area contributed by atoms with Crippen LogP contribution in [0.5, 0.6) is 0 Å². The van der Waals surface area contributed by atoms with E-state index in [9.17, 15) is 22.8 Å². The van der Waals surface area contributed by atoms with Gasteiger partial charge < -0.3 is 10.6 Å². The molecule has 0 saturated carbocycles. The molecule has 0 radical (unpaired) electrons. The summed E-state index contributed by atoms with van der Waals surface area (Å²) >= 11 is 0. The normalized spacial score (nSPS) is 18.9. The maximum atomic E-state index is 13.9. The Hall–Kier alpha value is -3.42. The van der Waals surface area contributed by atoms with Gasteiger partial charge in [0.05, 0.1) is 5.56 Å². The second-order valence-electron chi connectivity index (χ2n) is 8.02. The SMILES string of the molecule is CC1=C(C(=O)Nc2cc(C)ccn2)C(c2ccccc2C(F)(F)F)C2=C(CCCC2=O)N1. The van der Waals surface area contributed by atoms with E-state index in [0.717, 1.165) is 11.6 Å². The van der Waals surface area contributed by atoms with Crippen molar-refractivity contribution in [2.75, 3.05) is 5.32 Å². The van der Waals surface area contributed by atoms with E-state index in [1.54, 1.807) is 19.1 Å². The number of nitrogens with zero attached hydrogens (tertiary/aromatic N) is 1. The molecule has 166 valence electrons. The minimum absolute atomic E-state index is 0.0824. The minimum atomic E-state index is -4.63. The molecular formula is C24H22F3N3O2. The molecular weight excluding hydrogens is 419 g/mol. The van der Waals surface area contributed by atoms with Crippen LogP contribution in [0.2, 0.25) is 0 Å². The molecule has 1 aromatic carbocycles. The highest BCUT2D eigenvalue weighted by Gasteiger charge is 2.43. The van der Waals surface area contributed by atoms with E-state index >= 15 is 0 Å². The van der Waals surface area contributed by atoms with Gasteiger partial charge in [-0.25, -0.2) is 4.98 Å². The van der Waals surface area contributed by atoms with Crippen LogP contribution in [0.4, 0.5) is 19.0 Å². The number of allylic oxidation sites excluding steroid dienone is 3. The number of hydrogen-bond donors (Lipinski definition) is 2. The van der Waals surface area contributed by atoms with Crippen molar-refractivity contribution in [3.05, 3.63) is 81.8 Å². The van der Waals surface area contributed by atoms with Gasteiger partial charge in [0.1, 0.15) is 5.82 Å². The first-order chi connectivity index (χ1) is 15.2. The first-order valence-electron chi connectivity index (χ1n) is 10.3. The number of halogens is 3. The van der Waals surface area contributed by atoms with Crippen LogP contribution in [0.25, 0.3) is 0 Å². The number of Topliss-reactive ketones (excluding diaryl/α,β-unsaturated/α-hetero) is 1. The van der Waals surface area contributed by atoms with E-state index in [1.807, 2.05) is 6.92 Å². The number of rotatable bonds is 3. The number of alkyl halides is 3. The lowest BCUT2D eigenvalue weighted by molar-refractivity contribution is -0.138. The van der Waals surface area contributed by atoms with Crippen molar-refractivity contribution in [1.29, 1.82) is 0 Å². The summed E-state index contributed by atoms with van der Waals surface area (Å²) in [4.78, 5) is 30.4. The van der Waals surface area contributed by atoms with Crippen LogP contribution in [0.1, 0.15) is 48.8 Å². The number of hydrogen-bond acceptors (Lipinski definition) is 4. The second-order valence-corrected chi connectivity index (χ2v) is 8.02. The summed E-state index contributed by atoms with van der Waals surface area (Å²) in [6.45, 7) is 3.48. The summed E-state index contributed by atoms with van der Waals surface area (Å²) in [5.74, 6) is -1.68. The van der Waals surface area contributed by atoms with E-state index in [0.29, 0.717) is 24.2 Å². The standard InChI is InChI=1S/C24H22F3N3O2/c1-13-10-11-28-19(12-13)30-23(32)20-14(2)29-17-8-5-9-18(31)22(17)21(20)15-6-3-4-7-16(15)24(25,26)27/h3-4,6-7,10-12,21,29H,5,8-9H2,1-2H3,(H,28,30,32). The molecule has 1 amide bonds. The Morgan fingerprint density at radius 3 is 2.62 bits per heavy atom. The minimum Gasteiger partial charge on any atom is -0.362 e. The summed E-state index contributed by atoms with van der Waals surface area (Å²) in [7, 11) is 0. The number of ketones is 1. The van der Waals surface area contributed by atoms with Crippen LogP contribution in [0, 0.1) is 6.92 Å². The van der Waals surface area contributed by atoms with Gasteiger partial charge >= 0.3 is 6.18 Å². The molecule has 5 nitrogen and oxygen atoms in total. The lowest BCUT2D eigenvalue weighted by atomic mass is 9.73. The van der Waals surface area contributed by atoms with Crippen LogP contribution >= 0.6 is 0 Å². The fourth-order valence-corrected chi connectivity index (χ4v) is 4.39. The monoisotopic (exact) mass is 441 g/mol. The van der Waals surface area contributed by atoms with Crippen molar-refractivity contribution in [3.63, 3.8) is 0 Å². The second kappa shape index (κ2) is 8.26. The number of nitrogens with one attached hydrogen (secondary N) is 2. The molecule has 2 aliphatic rings. The Morgan fingerprint density at radius 2 is 1.91 bits per heavy atom. The van der Waals surface area contributed by atoms with E-state index in [-0.39, 0.29) is 34.7 Å². The molecule has 1 aliphatic carbocycles. The Morgan fingerprint density at radius 1 is 1.16 bits per heavy atom. The summed E-state index contributed by atoms with van der Waals surface area (Å²) in [5.41, 5.74) is 1.24. The number of benzene rings is 1. The molecule has 8 heteroatoms. The van der Waals surface area contributed by atoms with Crippen LogP contribution in [-0.2, 0) is 15.8 Å². The fraction of sp³-hybridized carbons (Fsp3) is 0.292. The van der Waals surface area contributed by atoms with Crippen molar-refractivity contribution in [2.24, 2.45) is 0 Å². The molecule has 0 spiro atoms. The first kappa shape index (κ1) is 21.8. The van der Waals surface area contributed by atoms with Gasteiger partial charge in [-0.3, -0.25) is 9.59 Å². The molecule has 1 unspecified atom stereocenters. The average Bonchev–Trinajstić information content (AvgIpc) is 2.72. The summed E-state index contributed by atoms with van der Waals surface area (Å²) in [5, 5.41) is 5.80. The summed E-state index contributed by atoms with van der Waals surface area (Å²) in [6, 6.07) is 8.56. The summed E-state index contributed by atoms with van der Waals surface area (Å²) in [6.07, 6.45) is -1.71. The molecule has 2 N–H and O–H groups in total. The lowest BCUT2D eigenvalue weighted by Crippen LogP contribution is -2.36. The zero-order valence-electron chi connectivity index (χ0n) is 17.6. The van der Waals surface area contributed by atoms with Crippen LogP contribution < -0.4 is 10.6 Å². The average molecular weight is 441 g/mol. The number of anilines is 1. The smallest absolute Gasteiger partial charge is 0.362 e. The highest BCUT2D eigenvalue weighted by molar-refractivity contribution is 6.09. The van der Waals surface area contributed by atoms with Crippen molar-refractivity contribution in [2.45, 2.75) is 45.2 Å². The number of dihydropyridines is 1. The number of aromatic nitrogens is 1. The Bertz CT molecular complexity index is 1170. The molecule has 2 heterocycles. The maximum absolute atomic E-state index is 13.9. The number of aryl methyl sites for hydroxylation is 1. The van der Waals surface area contributed by atoms with Gasteiger partial charge in [0, 0.05) is 41.1 Å². The highest BCUT2D eigenvalue weighted by atomic mass is 19.4. The third kappa shape index (κ3) is 4.04. The third-order valence-electron chi connectivity index (χ3n) is 5.75. The third-order valence-corrected chi connectivity index (χ3v) is 5.75. The van der Waals surface area contributed by atoms with E-state index in [1.165, 1.54) is 24.4 Å². The molecule has 0 saturated heterocycles. The molecule has 0 fully saturated rings. The number of carbonyl (C=O) groups is 2. The Kier molecular flexibility index (Phi) is 5.62. The zero-order valence-corrected chi connectivity index (χ0v) is 17.6. The molecule has 2 aromatic rings. The molecule has 32 heavy (non-hydrogen) atoms. The Balaban J connectivity index is 1.87. The number of amides is 1.